The molecule has 9 aromatic heterocycles. The van der Waals surface area contributed by atoms with Crippen molar-refractivity contribution in [2.75, 3.05) is 5.32 Å². The van der Waals surface area contributed by atoms with Crippen molar-refractivity contribution >= 4 is 118 Å². The summed E-state index contributed by atoms with van der Waals surface area (Å²) < 4.78 is 97.3. The van der Waals surface area contributed by atoms with Crippen molar-refractivity contribution < 1.29 is 100 Å². The molecule has 3 N–H and O–H groups in total. The summed E-state index contributed by atoms with van der Waals surface area (Å²) in [5, 5.41) is 4.49. The summed E-state index contributed by atoms with van der Waals surface area (Å²) in [6.45, 7) is 40.6. The maximum atomic E-state index is 13.3. The van der Waals surface area contributed by atoms with Crippen molar-refractivity contribution in [3.05, 3.63) is 210 Å². The van der Waals surface area contributed by atoms with Crippen molar-refractivity contribution in [2.24, 2.45) is 5.73 Å². The van der Waals surface area contributed by atoms with E-state index >= 15 is 0 Å². The molecule has 2 aliphatic carbocycles. The number of nitrogens with one attached hydrogen (secondary N) is 1. The van der Waals surface area contributed by atoms with E-state index in [1.165, 1.54) is 63.6 Å². The molecule has 0 aromatic carbocycles. The molecule has 9 aromatic rings. The standard InChI is InChI=1S/C17H13F3N4.C13H8ClN3.C13H8N2O2.C4H6F3N.7C4H9.Cl3OP.Na.O.Pd.2Pt/c18-17(19,20)16(4-5-16)24-15-13-3-8-22-10-12(13)9-14(23-15)11-1-6-21-7-2-11;14-13-11-3-6-16-8-10(11)7-12(17-13)9-1-4-15-5-2-9;16-13-11-3-6-15-8-10(11)7-12(17-13)9-1-4-14-5-2-9;5-4(6,7)3(8)1-2-3;1-4(2)3;6*1-3-4-2;1-5(2,3)4;;;;;/h1-3,6-10H,4-5H2,(H,23,24);2*1-8H;1-2,8H2;1-3H3;6*1,3-4H2,2H3;;;;;;/q;;;;7*-1;;;;;;. The van der Waals surface area contributed by atoms with Gasteiger partial charge >= 0.3 is 45.8 Å². The van der Waals surface area contributed by atoms with Crippen LogP contribution in [0.1, 0.15) is 165 Å². The van der Waals surface area contributed by atoms with Gasteiger partial charge in [0.05, 0.1) is 16.8 Å². The number of hydrogen-bond donors (Lipinski definition) is 2. The second-order valence-electron chi connectivity index (χ2n) is 22.3. The molecule has 2 fully saturated rings. The van der Waals surface area contributed by atoms with E-state index in [4.69, 9.17) is 25.2 Å². The van der Waals surface area contributed by atoms with Crippen molar-refractivity contribution in [3.63, 3.8) is 0 Å². The number of hydrogen-bond acceptors (Lipinski definition) is 14. The van der Waals surface area contributed by atoms with Crippen LogP contribution in [0.2, 0.25) is 5.15 Å². The van der Waals surface area contributed by atoms with E-state index in [9.17, 15) is 35.7 Å². The molecule has 0 atom stereocenters. The molecule has 0 spiro atoms. The predicted octanol–water partition coefficient (Wildman–Crippen LogP) is 24.5. The number of rotatable bonds is 11. The molecule has 585 valence electrons. The van der Waals surface area contributed by atoms with E-state index in [0.29, 0.717) is 27.4 Å². The number of aromatic nitrogens is 8. The van der Waals surface area contributed by atoms with E-state index in [0.717, 1.165) is 82.5 Å². The van der Waals surface area contributed by atoms with Crippen LogP contribution < -0.4 is 16.7 Å². The molecule has 14 nitrogen and oxygen atoms in total. The number of anilines is 1. The molecular formula is C75H98Cl4F6N10NaO4PPdPt2-7. The Labute approximate surface area is 695 Å². The molecule has 0 bridgehead atoms. The number of nitrogens with two attached hydrogens (primary N) is 1. The van der Waals surface area contributed by atoms with Crippen molar-refractivity contribution in [1.29, 1.82) is 0 Å². The van der Waals surface area contributed by atoms with Crippen LogP contribution in [0.4, 0.5) is 32.2 Å². The van der Waals surface area contributed by atoms with Gasteiger partial charge in [-0.2, -0.15) is 85.6 Å². The Morgan fingerprint density at radius 2 is 0.808 bits per heavy atom. The fraction of sp³-hybridized carbons (Fsp3) is 0.387. The first-order valence-electron chi connectivity index (χ1n) is 32.6. The molecule has 1 radical (unpaired) electrons. The molecule has 11 rings (SSSR count). The zero-order valence-electron chi connectivity index (χ0n) is 60.9. The monoisotopic (exact) mass is 2010 g/mol. The number of nitrogens with zero attached hydrogens (tertiary/aromatic N) is 8. The Kier molecular flexibility index (Phi) is 65.3. The third-order valence-electron chi connectivity index (χ3n) is 12.8. The quantitative estimate of drug-likeness (QED) is 0.0406. The van der Waals surface area contributed by atoms with Gasteiger partial charge in [0.15, 0.2) is 0 Å². The molecule has 0 saturated heterocycles. The van der Waals surface area contributed by atoms with Gasteiger partial charge in [-0.3, -0.25) is 34.5 Å². The molecule has 0 unspecified atom stereocenters. The van der Waals surface area contributed by atoms with Gasteiger partial charge in [-0.25, -0.2) is 14.8 Å². The van der Waals surface area contributed by atoms with Gasteiger partial charge in [-0.15, -0.1) is 0 Å². The van der Waals surface area contributed by atoms with Gasteiger partial charge in [0.1, 0.15) is 27.8 Å². The van der Waals surface area contributed by atoms with Crippen LogP contribution in [0.25, 0.3) is 66.2 Å². The number of halogens is 10. The fourth-order valence-corrected chi connectivity index (χ4v) is 6.79. The van der Waals surface area contributed by atoms with Gasteiger partial charge in [-0.1, -0.05) is 91.7 Å². The second-order valence-corrected chi connectivity index (χ2v) is 29.3. The number of alkyl halides is 6. The zero-order valence-corrected chi connectivity index (χ0v) is 72.9. The summed E-state index contributed by atoms with van der Waals surface area (Å²) in [6, 6.07) is 21.7. The molecule has 9 heterocycles. The first-order valence-corrected chi connectivity index (χ1v) is 38.1. The van der Waals surface area contributed by atoms with Crippen LogP contribution in [0.15, 0.2) is 156 Å². The smallest absolute Gasteiger partial charge is 0 e. The first kappa shape index (κ1) is 109. The van der Waals surface area contributed by atoms with Crippen LogP contribution >= 0.6 is 50.5 Å². The van der Waals surface area contributed by atoms with Crippen LogP contribution in [-0.4, -0.2) is 92.9 Å². The van der Waals surface area contributed by atoms with Gasteiger partial charge in [0.2, 0.25) is 0 Å². The minimum absolute atomic E-state index is 0. The van der Waals surface area contributed by atoms with Crippen LogP contribution in [0.3, 0.4) is 0 Å². The maximum absolute atomic E-state index is 13.3. The Bertz CT molecular complexity index is 3660. The van der Waals surface area contributed by atoms with Crippen LogP contribution in [0.5, 0.6) is 0 Å². The molecule has 2 saturated carbocycles. The Hall–Kier alpha value is -3.50. The molecule has 104 heavy (non-hydrogen) atoms. The zero-order chi connectivity index (χ0) is 77.1. The summed E-state index contributed by atoms with van der Waals surface area (Å²) in [5.74, 6) is 2.18. The number of unbranched alkanes of at least 4 members (excludes halogenated alkanes) is 6. The summed E-state index contributed by atoms with van der Waals surface area (Å²) in [7, 11) is 0. The van der Waals surface area contributed by atoms with Crippen LogP contribution in [-0.2, 0) is 69.3 Å². The van der Waals surface area contributed by atoms with Crippen LogP contribution in [0, 0.1) is 47.5 Å². The van der Waals surface area contributed by atoms with E-state index < -0.39 is 28.6 Å². The van der Waals surface area contributed by atoms with Crippen molar-refractivity contribution in [3.8, 4) is 33.8 Å². The largest absolute Gasteiger partial charge is 0 e. The molecule has 0 aliphatic heterocycles. The normalized spacial score (nSPS) is 11.9. The molecule has 2 aliphatic rings. The average Bonchev–Trinajstić information content (AvgIpc) is 1.57. The topological polar surface area (TPSA) is 206 Å². The summed E-state index contributed by atoms with van der Waals surface area (Å²) in [5.41, 5.74) is 4.78. The molecule has 0 amide bonds. The number of pyridine rings is 8. The van der Waals surface area contributed by atoms with Gasteiger partial charge < -0.3 is 62.9 Å². The average molecular weight is 2010 g/mol. The van der Waals surface area contributed by atoms with Crippen molar-refractivity contribution in [1.82, 2.24) is 39.9 Å². The molecule has 29 heteroatoms. The van der Waals surface area contributed by atoms with E-state index in [2.05, 4.69) is 183 Å². The van der Waals surface area contributed by atoms with E-state index in [1.807, 2.05) is 30.3 Å². The minimum atomic E-state index is -4.30. The van der Waals surface area contributed by atoms with Gasteiger partial charge in [0.25, 0.3) is 0 Å². The number of fused-ring (bicyclic) bond motifs is 3. The first-order chi connectivity index (χ1) is 47.8. The summed E-state index contributed by atoms with van der Waals surface area (Å²) in [6.07, 6.45) is 25.4. The third kappa shape index (κ3) is 47.4. The SMILES string of the molecule is C[C-](C)C.Clc1nc(-c2ccncc2)cc2cnccc12.FC(F)(F)C1(Nc2nc(-c3ccncc3)cc3cnccc23)CC1.NC1(C(F)(F)F)CC1.O=P(Cl)(Cl)Cl.O=c1oc(-c2ccncc2)cc2cnccc12.[CH2-]CCC.[CH2-]CCC.[CH2-]CCC.[CH2-]CCC.[CH2-]CCC.[CH2-]CCC.[Na].[O]=[Pd].[Pt].[Pt]. The third-order valence-corrected chi connectivity index (χ3v) is 13.1. The summed E-state index contributed by atoms with van der Waals surface area (Å²) in [4.78, 5) is 44.6. The Morgan fingerprint density at radius 1 is 0.519 bits per heavy atom. The minimum Gasteiger partial charge on any atom is 0 e. The summed E-state index contributed by atoms with van der Waals surface area (Å²) >= 11 is 21.5. The van der Waals surface area contributed by atoms with Crippen molar-refractivity contribution in [2.45, 2.75) is 188 Å². The van der Waals surface area contributed by atoms with E-state index in [-0.39, 0.29) is 109 Å². The van der Waals surface area contributed by atoms with Gasteiger partial charge in [0, 0.05) is 190 Å². The van der Waals surface area contributed by atoms with E-state index in [1.54, 1.807) is 117 Å². The second kappa shape index (κ2) is 62.3. The predicted molar refractivity (Wildman–Crippen MR) is 411 cm³/mol. The maximum Gasteiger partial charge on any atom is 0 e. The van der Waals surface area contributed by atoms with Gasteiger partial charge in [-0.05, 0) is 132 Å². The molecular weight excluding hydrogens is 1910 g/mol. The fourth-order valence-electron chi connectivity index (χ4n) is 6.53. The Morgan fingerprint density at radius 3 is 1.11 bits per heavy atom. The Balaban J connectivity index is -0.000000369.